The highest BCUT2D eigenvalue weighted by Gasteiger charge is 2.24. The van der Waals surface area contributed by atoms with E-state index in [2.05, 4.69) is 5.32 Å². The van der Waals surface area contributed by atoms with Crippen molar-refractivity contribution in [2.24, 2.45) is 0 Å². The summed E-state index contributed by atoms with van der Waals surface area (Å²) in [6.45, 7) is 2.13. The molecule has 0 spiro atoms. The number of carbonyl (C=O) groups is 1. The van der Waals surface area contributed by atoms with Crippen LogP contribution in [0.1, 0.15) is 17.3 Å². The molecule has 86 valence electrons. The minimum Gasteiger partial charge on any atom is -0.496 e. The molecule has 0 aliphatic rings. The second-order valence-electron chi connectivity index (χ2n) is 2.97. The van der Waals surface area contributed by atoms with Crippen LogP contribution in [0.5, 0.6) is 5.75 Å². The zero-order valence-corrected chi connectivity index (χ0v) is 9.02. The van der Waals surface area contributed by atoms with Gasteiger partial charge in [0.15, 0.2) is 5.56 Å². The van der Waals surface area contributed by atoms with Gasteiger partial charge in [-0.25, -0.2) is 0 Å². The first kappa shape index (κ1) is 12.0. The summed E-state index contributed by atoms with van der Waals surface area (Å²) in [5, 5.41) is 13.3. The molecule has 0 aliphatic heterocycles. The Morgan fingerprint density at radius 1 is 1.56 bits per heavy atom. The third kappa shape index (κ3) is 2.28. The second kappa shape index (κ2) is 5.11. The molecular formula is C10H12N2O4. The van der Waals surface area contributed by atoms with E-state index in [9.17, 15) is 14.9 Å². The Labute approximate surface area is 92.4 Å². The number of nitrogens with one attached hydrogen (secondary N) is 1. The number of nitro groups is 1. The number of hydrogen-bond acceptors (Lipinski definition) is 4. The second-order valence-corrected chi connectivity index (χ2v) is 2.97. The first-order valence-electron chi connectivity index (χ1n) is 4.71. The highest BCUT2D eigenvalue weighted by atomic mass is 16.6. The van der Waals surface area contributed by atoms with E-state index >= 15 is 0 Å². The lowest BCUT2D eigenvalue weighted by molar-refractivity contribution is -0.385. The van der Waals surface area contributed by atoms with E-state index in [0.29, 0.717) is 6.54 Å². The Balaban J connectivity index is 3.30. The molecule has 16 heavy (non-hydrogen) atoms. The average Bonchev–Trinajstić information content (AvgIpc) is 2.28. The lowest BCUT2D eigenvalue weighted by Crippen LogP contribution is -2.24. The van der Waals surface area contributed by atoms with Gasteiger partial charge in [-0.2, -0.15) is 0 Å². The molecule has 1 aromatic carbocycles. The van der Waals surface area contributed by atoms with Crippen molar-refractivity contribution in [3.05, 3.63) is 33.9 Å². The molecule has 0 bridgehead atoms. The van der Waals surface area contributed by atoms with Crippen molar-refractivity contribution < 1.29 is 14.5 Å². The van der Waals surface area contributed by atoms with Gasteiger partial charge >= 0.3 is 0 Å². The Hall–Kier alpha value is -2.11. The predicted molar refractivity (Wildman–Crippen MR) is 57.7 cm³/mol. The van der Waals surface area contributed by atoms with Gasteiger partial charge in [-0.3, -0.25) is 14.9 Å². The largest absolute Gasteiger partial charge is 0.496 e. The summed E-state index contributed by atoms with van der Waals surface area (Å²) in [6, 6.07) is 4.25. The molecule has 0 atom stereocenters. The van der Waals surface area contributed by atoms with E-state index in [4.69, 9.17) is 4.74 Å². The lowest BCUT2D eigenvalue weighted by atomic mass is 10.1. The standard InChI is InChI=1S/C10H12N2O4/c1-3-11-10(13)9-7(12(14)15)5-4-6-8(9)16-2/h4-6H,3H2,1-2H3,(H,11,13). The van der Waals surface area contributed by atoms with Crippen molar-refractivity contribution in [1.82, 2.24) is 5.32 Å². The maximum Gasteiger partial charge on any atom is 0.285 e. The van der Waals surface area contributed by atoms with Gasteiger partial charge in [0.25, 0.3) is 11.6 Å². The first-order chi connectivity index (χ1) is 7.61. The van der Waals surface area contributed by atoms with Crippen LogP contribution in [0.4, 0.5) is 5.69 Å². The van der Waals surface area contributed by atoms with Crippen molar-refractivity contribution in [3.63, 3.8) is 0 Å². The molecule has 1 N–H and O–H groups in total. The van der Waals surface area contributed by atoms with E-state index in [1.54, 1.807) is 6.92 Å². The van der Waals surface area contributed by atoms with Crippen LogP contribution in [0.2, 0.25) is 0 Å². The fourth-order valence-corrected chi connectivity index (χ4v) is 1.32. The number of carbonyl (C=O) groups excluding carboxylic acids is 1. The molecule has 0 unspecified atom stereocenters. The summed E-state index contributed by atoms with van der Waals surface area (Å²) >= 11 is 0. The quantitative estimate of drug-likeness (QED) is 0.618. The van der Waals surface area contributed by atoms with Gasteiger partial charge in [0, 0.05) is 12.6 Å². The molecule has 0 aromatic heterocycles. The number of ether oxygens (including phenoxy) is 1. The fraction of sp³-hybridized carbons (Fsp3) is 0.300. The number of benzene rings is 1. The molecule has 0 saturated heterocycles. The van der Waals surface area contributed by atoms with Gasteiger partial charge in [0.2, 0.25) is 0 Å². The maximum atomic E-state index is 11.7. The third-order valence-electron chi connectivity index (χ3n) is 1.99. The maximum absolute atomic E-state index is 11.7. The zero-order valence-electron chi connectivity index (χ0n) is 9.02. The van der Waals surface area contributed by atoms with E-state index < -0.39 is 10.8 Å². The lowest BCUT2D eigenvalue weighted by Gasteiger charge is -2.08. The minimum absolute atomic E-state index is 0.0446. The van der Waals surface area contributed by atoms with Crippen LogP contribution in [0.25, 0.3) is 0 Å². The number of hydrogen-bond donors (Lipinski definition) is 1. The fourth-order valence-electron chi connectivity index (χ4n) is 1.32. The van der Waals surface area contributed by atoms with Crippen LogP contribution < -0.4 is 10.1 Å². The molecule has 1 amide bonds. The summed E-state index contributed by atoms with van der Waals surface area (Å²) in [5.41, 5.74) is -0.304. The average molecular weight is 224 g/mol. The molecule has 0 radical (unpaired) electrons. The summed E-state index contributed by atoms with van der Waals surface area (Å²) in [4.78, 5) is 21.8. The van der Waals surface area contributed by atoms with E-state index in [0.717, 1.165) is 0 Å². The van der Waals surface area contributed by atoms with Gasteiger partial charge in [0.05, 0.1) is 12.0 Å². The molecule has 6 nitrogen and oxygen atoms in total. The van der Waals surface area contributed by atoms with Crippen molar-refractivity contribution in [1.29, 1.82) is 0 Å². The Kier molecular flexibility index (Phi) is 3.82. The predicted octanol–water partition coefficient (Wildman–Crippen LogP) is 1.35. The third-order valence-corrected chi connectivity index (χ3v) is 1.99. The van der Waals surface area contributed by atoms with Crippen molar-refractivity contribution >= 4 is 11.6 Å². The normalized spacial score (nSPS) is 9.62. The molecule has 0 heterocycles. The van der Waals surface area contributed by atoms with Crippen LogP contribution in [-0.2, 0) is 0 Å². The molecule has 0 fully saturated rings. The SMILES string of the molecule is CCNC(=O)c1c(OC)cccc1[N+](=O)[O-]. The van der Waals surface area contributed by atoms with E-state index in [1.807, 2.05) is 0 Å². The minimum atomic E-state index is -0.604. The molecule has 6 heteroatoms. The molecule has 1 aromatic rings. The summed E-state index contributed by atoms with van der Waals surface area (Å²) < 4.78 is 4.94. The first-order valence-corrected chi connectivity index (χ1v) is 4.71. The number of rotatable bonds is 4. The molecular weight excluding hydrogens is 212 g/mol. The topological polar surface area (TPSA) is 81.5 Å². The van der Waals surface area contributed by atoms with Gasteiger partial charge in [-0.15, -0.1) is 0 Å². The number of nitro benzene ring substituents is 1. The van der Waals surface area contributed by atoms with E-state index in [1.165, 1.54) is 25.3 Å². The van der Waals surface area contributed by atoms with E-state index in [-0.39, 0.29) is 17.0 Å². The monoisotopic (exact) mass is 224 g/mol. The van der Waals surface area contributed by atoms with Crippen LogP contribution >= 0.6 is 0 Å². The number of methoxy groups -OCH3 is 1. The van der Waals surface area contributed by atoms with Crippen LogP contribution in [0.3, 0.4) is 0 Å². The number of amides is 1. The van der Waals surface area contributed by atoms with Crippen molar-refractivity contribution in [2.45, 2.75) is 6.92 Å². The Morgan fingerprint density at radius 3 is 2.75 bits per heavy atom. The van der Waals surface area contributed by atoms with Crippen molar-refractivity contribution in [2.75, 3.05) is 13.7 Å². The molecule has 0 aliphatic carbocycles. The zero-order chi connectivity index (χ0) is 12.1. The van der Waals surface area contributed by atoms with Gasteiger partial charge in [-0.1, -0.05) is 6.07 Å². The van der Waals surface area contributed by atoms with Crippen LogP contribution in [-0.4, -0.2) is 24.5 Å². The van der Waals surface area contributed by atoms with Crippen LogP contribution in [0, 0.1) is 10.1 Å². The Bertz CT molecular complexity index is 417. The summed E-state index contributed by atoms with van der Waals surface area (Å²) in [7, 11) is 1.36. The summed E-state index contributed by atoms with van der Waals surface area (Å²) in [5.74, 6) is -0.313. The Morgan fingerprint density at radius 2 is 2.25 bits per heavy atom. The van der Waals surface area contributed by atoms with Gasteiger partial charge < -0.3 is 10.1 Å². The molecule has 1 rings (SSSR count). The smallest absolute Gasteiger partial charge is 0.285 e. The van der Waals surface area contributed by atoms with Crippen molar-refractivity contribution in [3.8, 4) is 5.75 Å². The summed E-state index contributed by atoms with van der Waals surface area (Å²) in [6.07, 6.45) is 0. The molecule has 0 saturated carbocycles. The van der Waals surface area contributed by atoms with Gasteiger partial charge in [0.1, 0.15) is 5.75 Å². The highest BCUT2D eigenvalue weighted by Crippen LogP contribution is 2.27. The van der Waals surface area contributed by atoms with Gasteiger partial charge in [-0.05, 0) is 13.0 Å². The highest BCUT2D eigenvalue weighted by molar-refractivity contribution is 6.00. The van der Waals surface area contributed by atoms with Crippen LogP contribution in [0.15, 0.2) is 18.2 Å². The number of nitrogens with zero attached hydrogens (tertiary/aromatic N) is 1.